The minimum absolute atomic E-state index is 0. The van der Waals surface area contributed by atoms with E-state index in [0.717, 1.165) is 30.8 Å². The lowest BCUT2D eigenvalue weighted by Gasteiger charge is -2.34. The van der Waals surface area contributed by atoms with E-state index >= 15 is 0 Å². The predicted octanol–water partition coefficient (Wildman–Crippen LogP) is 1.40. The first kappa shape index (κ1) is 21.8. The molecule has 7 nitrogen and oxygen atoms in total. The molecule has 0 unspecified atom stereocenters. The average Bonchev–Trinajstić information content (AvgIpc) is 2.86. The highest BCUT2D eigenvalue weighted by molar-refractivity contribution is 7.89. The van der Waals surface area contributed by atoms with Crippen LogP contribution in [-0.2, 0) is 10.0 Å². The van der Waals surface area contributed by atoms with Crippen molar-refractivity contribution in [2.24, 2.45) is 5.41 Å². The Morgan fingerprint density at radius 1 is 1.11 bits per heavy atom. The largest absolute Gasteiger partial charge is 0.317 e. The van der Waals surface area contributed by atoms with Crippen molar-refractivity contribution in [2.75, 3.05) is 31.9 Å². The fraction of sp³-hybridized carbons (Fsp3) is 0.556. The molecule has 0 spiro atoms. The third-order valence-corrected chi connectivity index (χ3v) is 6.61. The quantitative estimate of drug-likeness (QED) is 0.656. The number of nitrogens with one attached hydrogen (secondary N) is 2. The molecular weight excluding hydrogens is 390 g/mol. The number of rotatable bonds is 7. The molecule has 1 fully saturated rings. The van der Waals surface area contributed by atoms with Crippen LogP contribution >= 0.6 is 12.4 Å². The van der Waals surface area contributed by atoms with Gasteiger partial charge in [-0.05, 0) is 49.9 Å². The van der Waals surface area contributed by atoms with Crippen LogP contribution in [0.25, 0.3) is 0 Å². The Hall–Kier alpha value is -1.48. The SMILES string of the molecule is CC1(CNS(=O)(=O)CCCN2C(=O)c3ccccc3C2=O)CCNCC1.Cl. The van der Waals surface area contributed by atoms with Crippen LogP contribution in [0.4, 0.5) is 0 Å². The molecule has 0 aliphatic carbocycles. The summed E-state index contributed by atoms with van der Waals surface area (Å²) in [5.74, 6) is -0.800. The maximum absolute atomic E-state index is 12.3. The number of nitrogens with zero attached hydrogens (tertiary/aromatic N) is 1. The first-order valence-electron chi connectivity index (χ1n) is 8.95. The molecule has 2 amide bonds. The van der Waals surface area contributed by atoms with Crippen molar-refractivity contribution in [1.29, 1.82) is 0 Å². The number of piperidine rings is 1. The molecule has 0 aromatic heterocycles. The van der Waals surface area contributed by atoms with E-state index < -0.39 is 10.0 Å². The zero-order valence-electron chi connectivity index (χ0n) is 15.4. The van der Waals surface area contributed by atoms with Gasteiger partial charge in [-0.3, -0.25) is 14.5 Å². The zero-order chi connectivity index (χ0) is 18.8. The number of hydrogen-bond donors (Lipinski definition) is 2. The van der Waals surface area contributed by atoms with Crippen molar-refractivity contribution in [3.63, 3.8) is 0 Å². The van der Waals surface area contributed by atoms with Crippen LogP contribution in [0.15, 0.2) is 24.3 Å². The summed E-state index contributed by atoms with van der Waals surface area (Å²) in [4.78, 5) is 25.7. The third kappa shape index (κ3) is 5.07. The van der Waals surface area contributed by atoms with Crippen molar-refractivity contribution in [3.8, 4) is 0 Å². The molecule has 9 heteroatoms. The molecule has 2 aliphatic rings. The summed E-state index contributed by atoms with van der Waals surface area (Å²) in [5, 5.41) is 3.27. The van der Waals surface area contributed by atoms with E-state index in [1.165, 1.54) is 0 Å². The van der Waals surface area contributed by atoms with E-state index in [1.54, 1.807) is 24.3 Å². The first-order chi connectivity index (χ1) is 12.3. The second-order valence-electron chi connectivity index (χ2n) is 7.36. The number of carbonyl (C=O) groups excluding carboxylic acids is 2. The Kier molecular flexibility index (Phi) is 7.02. The third-order valence-electron chi connectivity index (χ3n) is 5.20. The Bertz CT molecular complexity index is 772. The van der Waals surface area contributed by atoms with Gasteiger partial charge in [-0.25, -0.2) is 13.1 Å². The molecule has 2 aliphatic heterocycles. The summed E-state index contributed by atoms with van der Waals surface area (Å²) in [5.41, 5.74) is 0.746. The summed E-state index contributed by atoms with van der Waals surface area (Å²) in [7, 11) is -3.43. The molecule has 27 heavy (non-hydrogen) atoms. The number of hydrogen-bond acceptors (Lipinski definition) is 5. The molecule has 3 rings (SSSR count). The lowest BCUT2D eigenvalue weighted by atomic mass is 9.81. The number of halogens is 1. The summed E-state index contributed by atoms with van der Waals surface area (Å²) in [6, 6.07) is 6.66. The van der Waals surface area contributed by atoms with Gasteiger partial charge in [0.2, 0.25) is 10.0 Å². The van der Waals surface area contributed by atoms with Crippen LogP contribution in [0.3, 0.4) is 0 Å². The van der Waals surface area contributed by atoms with E-state index in [1.807, 2.05) is 0 Å². The van der Waals surface area contributed by atoms with E-state index in [-0.39, 0.29) is 48.4 Å². The molecule has 1 aromatic rings. The van der Waals surface area contributed by atoms with Crippen LogP contribution in [0.5, 0.6) is 0 Å². The van der Waals surface area contributed by atoms with Crippen LogP contribution in [0.2, 0.25) is 0 Å². The molecule has 1 saturated heterocycles. The minimum Gasteiger partial charge on any atom is -0.317 e. The van der Waals surface area contributed by atoms with Crippen molar-refractivity contribution in [2.45, 2.75) is 26.2 Å². The number of fused-ring (bicyclic) bond motifs is 1. The van der Waals surface area contributed by atoms with Crippen LogP contribution < -0.4 is 10.0 Å². The van der Waals surface area contributed by atoms with Crippen molar-refractivity contribution >= 4 is 34.2 Å². The first-order valence-corrected chi connectivity index (χ1v) is 10.6. The summed E-state index contributed by atoms with van der Waals surface area (Å²) >= 11 is 0. The van der Waals surface area contributed by atoms with Crippen molar-refractivity contribution in [1.82, 2.24) is 14.9 Å². The van der Waals surface area contributed by atoms with E-state index in [0.29, 0.717) is 17.7 Å². The van der Waals surface area contributed by atoms with Gasteiger partial charge in [-0.2, -0.15) is 0 Å². The highest BCUT2D eigenvalue weighted by Crippen LogP contribution is 2.27. The average molecular weight is 416 g/mol. The number of imide groups is 1. The van der Waals surface area contributed by atoms with Crippen LogP contribution in [0.1, 0.15) is 46.9 Å². The maximum Gasteiger partial charge on any atom is 0.261 e. The fourth-order valence-electron chi connectivity index (χ4n) is 3.42. The van der Waals surface area contributed by atoms with E-state index in [2.05, 4.69) is 17.0 Å². The van der Waals surface area contributed by atoms with Crippen molar-refractivity contribution in [3.05, 3.63) is 35.4 Å². The highest BCUT2D eigenvalue weighted by Gasteiger charge is 2.35. The van der Waals surface area contributed by atoms with Gasteiger partial charge in [-0.1, -0.05) is 19.1 Å². The Balaban J connectivity index is 0.00000261. The molecule has 0 atom stereocenters. The molecule has 0 saturated carbocycles. The maximum atomic E-state index is 12.3. The van der Waals surface area contributed by atoms with Gasteiger partial charge in [0.05, 0.1) is 16.9 Å². The monoisotopic (exact) mass is 415 g/mol. The second kappa shape index (κ2) is 8.68. The molecule has 150 valence electrons. The van der Waals surface area contributed by atoms with E-state index in [9.17, 15) is 18.0 Å². The van der Waals surface area contributed by atoms with Crippen molar-refractivity contribution < 1.29 is 18.0 Å². The van der Waals surface area contributed by atoms with Gasteiger partial charge in [0, 0.05) is 13.1 Å². The number of sulfonamides is 1. The normalized spacial score (nSPS) is 18.9. The Morgan fingerprint density at radius 3 is 2.22 bits per heavy atom. The summed E-state index contributed by atoms with van der Waals surface area (Å²) in [6.45, 7) is 4.42. The Morgan fingerprint density at radius 2 is 1.67 bits per heavy atom. The van der Waals surface area contributed by atoms with E-state index in [4.69, 9.17) is 0 Å². The topological polar surface area (TPSA) is 95.6 Å². The highest BCUT2D eigenvalue weighted by atomic mass is 35.5. The van der Waals surface area contributed by atoms with Gasteiger partial charge in [-0.15, -0.1) is 12.4 Å². The van der Waals surface area contributed by atoms with Gasteiger partial charge in [0.15, 0.2) is 0 Å². The standard InChI is InChI=1S/C18H25N3O4S.ClH/c1-18(7-9-19-10-8-18)13-20-26(24,25)12-4-11-21-16(22)14-5-2-3-6-15(14)17(21)23;/h2-3,5-6,19-20H,4,7-13H2,1H3;1H. The summed E-state index contributed by atoms with van der Waals surface area (Å²) < 4.78 is 27.2. The molecule has 2 heterocycles. The van der Waals surface area contributed by atoms with Crippen LogP contribution in [-0.4, -0.2) is 57.1 Å². The fourth-order valence-corrected chi connectivity index (χ4v) is 4.64. The zero-order valence-corrected chi connectivity index (χ0v) is 17.0. The molecule has 2 N–H and O–H groups in total. The number of benzene rings is 1. The molecule has 0 bridgehead atoms. The van der Waals surface area contributed by atoms with Gasteiger partial charge < -0.3 is 5.32 Å². The minimum atomic E-state index is -3.43. The van der Waals surface area contributed by atoms with Crippen LogP contribution in [0, 0.1) is 5.41 Å². The van der Waals surface area contributed by atoms with Gasteiger partial charge >= 0.3 is 0 Å². The van der Waals surface area contributed by atoms with Gasteiger partial charge in [0.25, 0.3) is 11.8 Å². The smallest absolute Gasteiger partial charge is 0.261 e. The Labute approximate surface area is 166 Å². The molecular formula is C18H26ClN3O4S. The molecule has 0 radical (unpaired) electrons. The molecule has 1 aromatic carbocycles. The lowest BCUT2D eigenvalue weighted by molar-refractivity contribution is 0.0654. The number of amides is 2. The second-order valence-corrected chi connectivity index (χ2v) is 9.29. The van der Waals surface area contributed by atoms with Gasteiger partial charge in [0.1, 0.15) is 0 Å². The summed E-state index contributed by atoms with van der Waals surface area (Å²) in [6.07, 6.45) is 2.09. The number of carbonyl (C=O) groups is 2. The lowest BCUT2D eigenvalue weighted by Crippen LogP contribution is -2.43. The predicted molar refractivity (Wildman–Crippen MR) is 106 cm³/mol.